The lowest BCUT2D eigenvalue weighted by atomic mass is 10.1. The van der Waals surface area contributed by atoms with E-state index in [0.29, 0.717) is 11.8 Å². The second-order valence-electron chi connectivity index (χ2n) is 6.56. The van der Waals surface area contributed by atoms with Gasteiger partial charge in [-0.15, -0.1) is 21.5 Å². The fraction of sp³-hybridized carbons (Fsp3) is 0.238. The van der Waals surface area contributed by atoms with Gasteiger partial charge < -0.3 is 9.15 Å². The molecule has 27 heavy (non-hydrogen) atoms. The van der Waals surface area contributed by atoms with E-state index in [2.05, 4.69) is 59.4 Å². The molecule has 0 saturated carbocycles. The maximum Gasteiger partial charge on any atom is 0.257 e. The van der Waals surface area contributed by atoms with Crippen molar-refractivity contribution in [1.82, 2.24) is 15.1 Å². The van der Waals surface area contributed by atoms with Gasteiger partial charge in [-0.2, -0.15) is 0 Å². The minimum Gasteiger partial charge on any atom is -0.497 e. The molecule has 0 unspecified atom stereocenters. The van der Waals surface area contributed by atoms with Gasteiger partial charge in [0.1, 0.15) is 5.75 Å². The van der Waals surface area contributed by atoms with Crippen LogP contribution in [0.3, 0.4) is 0 Å². The Morgan fingerprint density at radius 1 is 1.11 bits per heavy atom. The molecule has 0 aliphatic heterocycles. The number of benzene rings is 2. The monoisotopic (exact) mass is 379 g/mol. The van der Waals surface area contributed by atoms with Crippen LogP contribution in [-0.4, -0.2) is 29.3 Å². The van der Waals surface area contributed by atoms with E-state index in [1.165, 1.54) is 16.3 Å². The van der Waals surface area contributed by atoms with E-state index in [9.17, 15) is 0 Å². The predicted octanol–water partition coefficient (Wildman–Crippen LogP) is 5.15. The molecule has 2 aromatic carbocycles. The molecule has 0 aliphatic carbocycles. The molecular weight excluding hydrogens is 358 g/mol. The van der Waals surface area contributed by atoms with Crippen molar-refractivity contribution >= 4 is 22.1 Å². The number of methoxy groups -OCH3 is 1. The molecule has 6 heteroatoms. The molecule has 0 spiro atoms. The molecule has 2 heterocycles. The summed E-state index contributed by atoms with van der Waals surface area (Å²) in [5, 5.41) is 12.8. The largest absolute Gasteiger partial charge is 0.497 e. The van der Waals surface area contributed by atoms with Crippen LogP contribution in [-0.2, 0) is 6.54 Å². The van der Waals surface area contributed by atoms with E-state index in [0.717, 1.165) is 17.2 Å². The van der Waals surface area contributed by atoms with Gasteiger partial charge in [0.15, 0.2) is 0 Å². The third kappa shape index (κ3) is 3.72. The lowest BCUT2D eigenvalue weighted by Crippen LogP contribution is -2.22. The topological polar surface area (TPSA) is 51.4 Å². The number of nitrogens with zero attached hydrogens (tertiary/aromatic N) is 3. The molecule has 5 nitrogen and oxygen atoms in total. The molecule has 4 aromatic rings. The molecule has 0 bridgehead atoms. The Morgan fingerprint density at radius 2 is 1.93 bits per heavy atom. The second kappa shape index (κ2) is 7.50. The van der Waals surface area contributed by atoms with Gasteiger partial charge in [-0.3, -0.25) is 4.90 Å². The Labute approximate surface area is 162 Å². The Bertz CT molecular complexity index is 1040. The highest BCUT2D eigenvalue weighted by Crippen LogP contribution is 2.28. The second-order valence-corrected chi connectivity index (χ2v) is 7.51. The summed E-state index contributed by atoms with van der Waals surface area (Å²) < 4.78 is 11.2. The molecule has 1 atom stereocenters. The third-order valence-electron chi connectivity index (χ3n) is 4.73. The van der Waals surface area contributed by atoms with Crippen LogP contribution < -0.4 is 4.74 Å². The summed E-state index contributed by atoms with van der Waals surface area (Å²) in [5.41, 5.74) is 1.24. The summed E-state index contributed by atoms with van der Waals surface area (Å²) in [6.45, 7) is 2.87. The zero-order valence-electron chi connectivity index (χ0n) is 15.5. The highest BCUT2D eigenvalue weighted by atomic mass is 32.1. The van der Waals surface area contributed by atoms with Gasteiger partial charge in [-0.25, -0.2) is 0 Å². The molecule has 0 amide bonds. The van der Waals surface area contributed by atoms with Gasteiger partial charge in [0.05, 0.1) is 18.0 Å². The molecule has 0 N–H and O–H groups in total. The molecule has 2 aromatic heterocycles. The maximum absolute atomic E-state index is 5.88. The number of hydrogen-bond donors (Lipinski definition) is 0. The van der Waals surface area contributed by atoms with Crippen LogP contribution in [0.1, 0.15) is 24.4 Å². The lowest BCUT2D eigenvalue weighted by molar-refractivity contribution is 0.218. The van der Waals surface area contributed by atoms with Gasteiger partial charge in [0, 0.05) is 6.54 Å². The SMILES string of the molecule is COc1ccc2cc(CN(C)[C@H](C)c3nnc(-c4cccs4)o3)ccc2c1. The molecule has 4 rings (SSSR count). The fourth-order valence-electron chi connectivity index (χ4n) is 3.02. The van der Waals surface area contributed by atoms with Gasteiger partial charge in [-0.05, 0) is 60.0 Å². The summed E-state index contributed by atoms with van der Waals surface area (Å²) in [4.78, 5) is 3.20. The van der Waals surface area contributed by atoms with Gasteiger partial charge in [0.25, 0.3) is 5.89 Å². The minimum absolute atomic E-state index is 0.0257. The first kappa shape index (κ1) is 17.7. The van der Waals surface area contributed by atoms with E-state index in [1.54, 1.807) is 18.4 Å². The summed E-state index contributed by atoms with van der Waals surface area (Å²) in [6.07, 6.45) is 0. The average molecular weight is 379 g/mol. The van der Waals surface area contributed by atoms with E-state index in [4.69, 9.17) is 9.15 Å². The Hall–Kier alpha value is -2.70. The van der Waals surface area contributed by atoms with Crippen LogP contribution in [0.4, 0.5) is 0 Å². The Balaban J connectivity index is 1.49. The van der Waals surface area contributed by atoms with E-state index in [1.807, 2.05) is 23.6 Å². The molecule has 0 fully saturated rings. The predicted molar refractivity (Wildman–Crippen MR) is 108 cm³/mol. The molecule has 0 radical (unpaired) electrons. The first-order valence-electron chi connectivity index (χ1n) is 8.78. The van der Waals surface area contributed by atoms with Crippen LogP contribution >= 0.6 is 11.3 Å². The zero-order chi connectivity index (χ0) is 18.8. The number of thiophene rings is 1. The molecule has 138 valence electrons. The summed E-state index contributed by atoms with van der Waals surface area (Å²) >= 11 is 1.60. The number of ether oxygens (including phenoxy) is 1. The van der Waals surface area contributed by atoms with E-state index in [-0.39, 0.29) is 6.04 Å². The highest BCUT2D eigenvalue weighted by Gasteiger charge is 2.19. The van der Waals surface area contributed by atoms with Crippen molar-refractivity contribution in [3.63, 3.8) is 0 Å². The van der Waals surface area contributed by atoms with Crippen molar-refractivity contribution < 1.29 is 9.15 Å². The molecule has 0 saturated heterocycles. The highest BCUT2D eigenvalue weighted by molar-refractivity contribution is 7.13. The number of aromatic nitrogens is 2. The fourth-order valence-corrected chi connectivity index (χ4v) is 3.66. The van der Waals surface area contributed by atoms with Crippen molar-refractivity contribution in [2.75, 3.05) is 14.2 Å². The smallest absolute Gasteiger partial charge is 0.257 e. The first-order valence-corrected chi connectivity index (χ1v) is 9.66. The lowest BCUT2D eigenvalue weighted by Gasteiger charge is -2.22. The Kier molecular flexibility index (Phi) is 4.92. The standard InChI is InChI=1S/C21H21N3O2S/c1-14(20-22-23-21(26-20)19-5-4-10-27-19)24(2)13-15-6-7-17-12-18(25-3)9-8-16(17)11-15/h4-12,14H,13H2,1-3H3/t14-/m1/s1. The Morgan fingerprint density at radius 3 is 2.70 bits per heavy atom. The van der Waals surface area contributed by atoms with E-state index < -0.39 is 0 Å². The van der Waals surface area contributed by atoms with Crippen LogP contribution in [0.25, 0.3) is 21.5 Å². The quantitative estimate of drug-likeness (QED) is 0.463. The third-order valence-corrected chi connectivity index (χ3v) is 5.59. The van der Waals surface area contributed by atoms with E-state index >= 15 is 0 Å². The summed E-state index contributed by atoms with van der Waals surface area (Å²) in [5.74, 6) is 2.09. The zero-order valence-corrected chi connectivity index (χ0v) is 16.4. The maximum atomic E-state index is 5.88. The molecule has 0 aliphatic rings. The number of hydrogen-bond acceptors (Lipinski definition) is 6. The van der Waals surface area contributed by atoms with Crippen LogP contribution in [0, 0.1) is 0 Å². The number of rotatable bonds is 6. The summed E-state index contributed by atoms with van der Waals surface area (Å²) in [7, 11) is 3.76. The number of fused-ring (bicyclic) bond motifs is 1. The van der Waals surface area contributed by atoms with Crippen LogP contribution in [0.5, 0.6) is 5.75 Å². The van der Waals surface area contributed by atoms with Gasteiger partial charge in [0.2, 0.25) is 5.89 Å². The minimum atomic E-state index is 0.0257. The van der Waals surface area contributed by atoms with Crippen LogP contribution in [0.15, 0.2) is 58.3 Å². The molecular formula is C21H21N3O2S. The van der Waals surface area contributed by atoms with Crippen molar-refractivity contribution in [3.8, 4) is 16.5 Å². The average Bonchev–Trinajstić information content (AvgIpc) is 3.38. The van der Waals surface area contributed by atoms with Crippen molar-refractivity contribution in [2.24, 2.45) is 0 Å². The normalized spacial score (nSPS) is 12.6. The van der Waals surface area contributed by atoms with Gasteiger partial charge >= 0.3 is 0 Å². The van der Waals surface area contributed by atoms with Crippen molar-refractivity contribution in [2.45, 2.75) is 19.5 Å². The van der Waals surface area contributed by atoms with Gasteiger partial charge in [-0.1, -0.05) is 24.3 Å². The van der Waals surface area contributed by atoms with Crippen LogP contribution in [0.2, 0.25) is 0 Å². The van der Waals surface area contributed by atoms with Crippen molar-refractivity contribution in [3.05, 3.63) is 65.4 Å². The van der Waals surface area contributed by atoms with Crippen molar-refractivity contribution in [1.29, 1.82) is 0 Å². The summed E-state index contributed by atoms with van der Waals surface area (Å²) in [6, 6.07) is 16.6. The first-order chi connectivity index (χ1) is 13.1.